The van der Waals surface area contributed by atoms with Crippen molar-refractivity contribution in [1.29, 1.82) is 10.5 Å². The lowest BCUT2D eigenvalue weighted by Crippen LogP contribution is -2.18. The minimum absolute atomic E-state index is 0.0354. The molecule has 16 heavy (non-hydrogen) atoms. The lowest BCUT2D eigenvalue weighted by molar-refractivity contribution is -0.274. The van der Waals surface area contributed by atoms with Gasteiger partial charge < -0.3 is 4.74 Å². The second-order valence-electron chi connectivity index (χ2n) is 2.63. The third-order valence-electron chi connectivity index (χ3n) is 1.58. The molecule has 0 aliphatic rings. The quantitative estimate of drug-likeness (QED) is 0.773. The van der Waals surface area contributed by atoms with Crippen LogP contribution < -0.4 is 4.74 Å². The Labute approximate surface area is 88.5 Å². The second-order valence-corrected chi connectivity index (χ2v) is 2.63. The van der Waals surface area contributed by atoms with Crippen molar-refractivity contribution in [1.82, 2.24) is 4.98 Å². The van der Waals surface area contributed by atoms with E-state index in [-0.39, 0.29) is 17.7 Å². The normalized spacial score (nSPS) is 10.3. The lowest BCUT2D eigenvalue weighted by atomic mass is 10.1. The lowest BCUT2D eigenvalue weighted by Gasteiger charge is -2.10. The number of nitriles is 2. The van der Waals surface area contributed by atoms with E-state index in [9.17, 15) is 13.2 Å². The fourth-order valence-corrected chi connectivity index (χ4v) is 1.02. The number of alkyl halides is 3. The largest absolute Gasteiger partial charge is 0.573 e. The molecule has 0 aromatic carbocycles. The molecule has 0 N–H and O–H groups in total. The number of rotatable bonds is 2. The van der Waals surface area contributed by atoms with E-state index in [1.807, 2.05) is 0 Å². The van der Waals surface area contributed by atoms with Crippen molar-refractivity contribution in [3.8, 4) is 17.9 Å². The molecule has 1 heterocycles. The third-order valence-corrected chi connectivity index (χ3v) is 1.58. The maximum absolute atomic E-state index is 12.0. The molecule has 1 rings (SSSR count). The van der Waals surface area contributed by atoms with Crippen molar-refractivity contribution in [3.63, 3.8) is 0 Å². The predicted octanol–water partition coefficient (Wildman–Crippen LogP) is 1.92. The minimum atomic E-state index is -4.88. The van der Waals surface area contributed by atoms with Crippen LogP contribution >= 0.6 is 0 Å². The molecule has 82 valence electrons. The maximum atomic E-state index is 12.0. The van der Waals surface area contributed by atoms with Gasteiger partial charge in [0, 0.05) is 12.3 Å². The maximum Gasteiger partial charge on any atom is 0.573 e. The first kappa shape index (κ1) is 11.8. The van der Waals surface area contributed by atoms with Gasteiger partial charge in [0.05, 0.1) is 18.2 Å². The van der Waals surface area contributed by atoms with Gasteiger partial charge in [-0.25, -0.2) is 0 Å². The Morgan fingerprint density at radius 2 is 2.06 bits per heavy atom. The van der Waals surface area contributed by atoms with E-state index in [1.54, 1.807) is 6.07 Å². The molecule has 0 aliphatic carbocycles. The van der Waals surface area contributed by atoms with Gasteiger partial charge in [0.1, 0.15) is 11.6 Å². The first-order valence-electron chi connectivity index (χ1n) is 3.98. The molecular formula is C9H4F3N3O. The van der Waals surface area contributed by atoms with Crippen molar-refractivity contribution in [2.75, 3.05) is 0 Å². The molecule has 0 radical (unpaired) electrons. The van der Waals surface area contributed by atoms with Gasteiger partial charge >= 0.3 is 6.36 Å². The Balaban J connectivity index is 3.16. The molecule has 4 nitrogen and oxygen atoms in total. The summed E-state index contributed by atoms with van der Waals surface area (Å²) >= 11 is 0. The van der Waals surface area contributed by atoms with E-state index in [4.69, 9.17) is 10.5 Å². The van der Waals surface area contributed by atoms with Crippen molar-refractivity contribution in [2.45, 2.75) is 12.8 Å². The zero-order valence-corrected chi connectivity index (χ0v) is 7.75. The Morgan fingerprint density at radius 3 is 2.56 bits per heavy atom. The first-order chi connectivity index (χ1) is 7.48. The molecule has 7 heteroatoms. The summed E-state index contributed by atoms with van der Waals surface area (Å²) in [4.78, 5) is 3.64. The highest BCUT2D eigenvalue weighted by Gasteiger charge is 2.32. The van der Waals surface area contributed by atoms with Gasteiger partial charge in [-0.05, 0) is 0 Å². The molecule has 0 fully saturated rings. The van der Waals surface area contributed by atoms with Crippen LogP contribution in [0.25, 0.3) is 0 Å². The number of ether oxygens (including phenoxy) is 1. The average molecular weight is 227 g/mol. The smallest absolute Gasteiger partial charge is 0.404 e. The SMILES string of the molecule is N#CCc1nccc(OC(F)(F)F)c1C#N. The number of pyridine rings is 1. The zero-order chi connectivity index (χ0) is 12.2. The fourth-order valence-electron chi connectivity index (χ4n) is 1.02. The van der Waals surface area contributed by atoms with Crippen LogP contribution in [0.3, 0.4) is 0 Å². The van der Waals surface area contributed by atoms with E-state index in [2.05, 4.69) is 9.72 Å². The summed E-state index contributed by atoms with van der Waals surface area (Å²) in [6.07, 6.45) is -4.08. The average Bonchev–Trinajstić information content (AvgIpc) is 2.16. The Kier molecular flexibility index (Phi) is 3.31. The van der Waals surface area contributed by atoms with Crippen LogP contribution in [0.5, 0.6) is 5.75 Å². The number of hydrogen-bond acceptors (Lipinski definition) is 4. The molecule has 0 bridgehead atoms. The highest BCUT2D eigenvalue weighted by atomic mass is 19.4. The van der Waals surface area contributed by atoms with Crippen LogP contribution in [0.1, 0.15) is 11.3 Å². The second kappa shape index (κ2) is 4.49. The molecular weight excluding hydrogens is 223 g/mol. The molecule has 0 saturated heterocycles. The molecule has 1 aromatic heterocycles. The predicted molar refractivity (Wildman–Crippen MR) is 45.0 cm³/mol. The van der Waals surface area contributed by atoms with Gasteiger partial charge in [-0.3, -0.25) is 4.98 Å². The molecule has 0 aliphatic heterocycles. The number of aromatic nitrogens is 1. The number of hydrogen-bond donors (Lipinski definition) is 0. The highest BCUT2D eigenvalue weighted by molar-refractivity contribution is 5.46. The summed E-state index contributed by atoms with van der Waals surface area (Å²) in [6.45, 7) is 0. The monoisotopic (exact) mass is 227 g/mol. The van der Waals surface area contributed by atoms with E-state index in [0.717, 1.165) is 12.3 Å². The number of halogens is 3. The van der Waals surface area contributed by atoms with Crippen molar-refractivity contribution < 1.29 is 17.9 Å². The summed E-state index contributed by atoms with van der Waals surface area (Å²) in [5.41, 5.74) is -0.409. The molecule has 0 unspecified atom stereocenters. The van der Waals surface area contributed by atoms with Crippen molar-refractivity contribution in [2.24, 2.45) is 0 Å². The third kappa shape index (κ3) is 2.85. The van der Waals surface area contributed by atoms with Gasteiger partial charge in [0.15, 0.2) is 5.75 Å². The van der Waals surface area contributed by atoms with Gasteiger partial charge in [-0.2, -0.15) is 10.5 Å². The van der Waals surface area contributed by atoms with Gasteiger partial charge in [0.2, 0.25) is 0 Å². The molecule has 0 atom stereocenters. The van der Waals surface area contributed by atoms with Crippen LogP contribution in [0.15, 0.2) is 12.3 Å². The van der Waals surface area contributed by atoms with Crippen molar-refractivity contribution >= 4 is 0 Å². The summed E-state index contributed by atoms with van der Waals surface area (Å²) in [5.74, 6) is -0.643. The molecule has 1 aromatic rings. The van der Waals surface area contributed by atoms with Crippen molar-refractivity contribution in [3.05, 3.63) is 23.5 Å². The fraction of sp³-hybridized carbons (Fsp3) is 0.222. The Hall–Kier alpha value is -2.28. The van der Waals surface area contributed by atoms with Crippen LogP contribution in [0.4, 0.5) is 13.2 Å². The van der Waals surface area contributed by atoms with E-state index in [0.29, 0.717) is 0 Å². The van der Waals surface area contributed by atoms with E-state index in [1.165, 1.54) is 6.07 Å². The molecule has 0 saturated carbocycles. The standard InChI is InChI=1S/C9H4F3N3O/c10-9(11,12)16-8-2-4-15-7(1-3-13)6(8)5-14/h2,4H,1H2. The van der Waals surface area contributed by atoms with Crippen LogP contribution in [0, 0.1) is 22.7 Å². The van der Waals surface area contributed by atoms with E-state index < -0.39 is 12.1 Å². The van der Waals surface area contributed by atoms with Gasteiger partial charge in [-0.15, -0.1) is 13.2 Å². The zero-order valence-electron chi connectivity index (χ0n) is 7.75. The van der Waals surface area contributed by atoms with Crippen LogP contribution in [-0.2, 0) is 6.42 Å². The minimum Gasteiger partial charge on any atom is -0.404 e. The summed E-state index contributed by atoms with van der Waals surface area (Å²) < 4.78 is 39.5. The van der Waals surface area contributed by atoms with Gasteiger partial charge in [0.25, 0.3) is 0 Å². The van der Waals surface area contributed by atoms with Gasteiger partial charge in [-0.1, -0.05) is 0 Å². The number of nitrogens with zero attached hydrogens (tertiary/aromatic N) is 3. The Morgan fingerprint density at radius 1 is 1.38 bits per heavy atom. The van der Waals surface area contributed by atoms with Crippen LogP contribution in [0.2, 0.25) is 0 Å². The van der Waals surface area contributed by atoms with Crippen LogP contribution in [-0.4, -0.2) is 11.3 Å². The highest BCUT2D eigenvalue weighted by Crippen LogP contribution is 2.27. The molecule has 0 spiro atoms. The summed E-state index contributed by atoms with van der Waals surface area (Å²) in [6, 6.07) is 4.15. The summed E-state index contributed by atoms with van der Waals surface area (Å²) in [7, 11) is 0. The topological polar surface area (TPSA) is 69.7 Å². The summed E-state index contributed by atoms with van der Waals surface area (Å²) in [5, 5.41) is 17.1. The Bertz CT molecular complexity index is 470. The molecule has 0 amide bonds. The first-order valence-corrected chi connectivity index (χ1v) is 3.98. The van der Waals surface area contributed by atoms with E-state index >= 15 is 0 Å².